The Morgan fingerprint density at radius 3 is 2.52 bits per heavy atom. The fraction of sp³-hybridized carbons (Fsp3) is 0.667. The van der Waals surface area contributed by atoms with Gasteiger partial charge in [-0.3, -0.25) is 0 Å². The van der Waals surface area contributed by atoms with Crippen LogP contribution in [0.15, 0.2) is 30.3 Å². The van der Waals surface area contributed by atoms with Crippen molar-refractivity contribution in [1.29, 1.82) is 0 Å². The zero-order valence-corrected chi connectivity index (χ0v) is 16.9. The third kappa shape index (κ3) is 8.73. The molecule has 6 heteroatoms. The van der Waals surface area contributed by atoms with E-state index >= 15 is 0 Å². The first-order chi connectivity index (χ1) is 12.9. The molecule has 0 aromatic heterocycles. The summed E-state index contributed by atoms with van der Waals surface area (Å²) >= 11 is 0. The topological polar surface area (TPSA) is 76.8 Å². The summed E-state index contributed by atoms with van der Waals surface area (Å²) in [6, 6.07) is 9.94. The van der Waals surface area contributed by atoms with E-state index in [9.17, 15) is 4.79 Å². The predicted molar refractivity (Wildman–Crippen MR) is 107 cm³/mol. The van der Waals surface area contributed by atoms with Crippen molar-refractivity contribution in [3.63, 3.8) is 0 Å². The molecule has 0 bridgehead atoms. The Morgan fingerprint density at radius 2 is 1.93 bits per heavy atom. The van der Waals surface area contributed by atoms with Gasteiger partial charge in [0.25, 0.3) is 0 Å². The van der Waals surface area contributed by atoms with E-state index < -0.39 is 11.7 Å². The van der Waals surface area contributed by atoms with Crippen LogP contribution in [0.1, 0.15) is 39.2 Å². The summed E-state index contributed by atoms with van der Waals surface area (Å²) in [4.78, 5) is 14.6. The number of nitrogens with one attached hydrogen (secondary N) is 1. The number of likely N-dealkylation sites (tertiary alicyclic amines) is 1. The van der Waals surface area contributed by atoms with Gasteiger partial charge in [0, 0.05) is 6.54 Å². The van der Waals surface area contributed by atoms with Crippen molar-refractivity contribution < 1.29 is 14.3 Å². The van der Waals surface area contributed by atoms with E-state index in [0.29, 0.717) is 19.1 Å². The van der Waals surface area contributed by atoms with Crippen LogP contribution in [0.25, 0.3) is 0 Å². The summed E-state index contributed by atoms with van der Waals surface area (Å²) in [7, 11) is 0. The maximum Gasteiger partial charge on any atom is 0.407 e. The fourth-order valence-electron chi connectivity index (χ4n) is 3.22. The first-order valence-electron chi connectivity index (χ1n) is 9.89. The van der Waals surface area contributed by atoms with Crippen molar-refractivity contribution in [1.82, 2.24) is 10.2 Å². The lowest BCUT2D eigenvalue weighted by atomic mass is 9.97. The second kappa shape index (κ2) is 10.6. The normalized spacial score (nSPS) is 17.5. The molecule has 1 fully saturated rings. The molecule has 6 nitrogen and oxygen atoms in total. The van der Waals surface area contributed by atoms with Crippen molar-refractivity contribution >= 4 is 6.09 Å². The first-order valence-corrected chi connectivity index (χ1v) is 9.89. The Hall–Kier alpha value is -1.63. The molecule has 1 aliphatic rings. The van der Waals surface area contributed by atoms with Crippen molar-refractivity contribution in [3.8, 4) is 0 Å². The molecule has 0 radical (unpaired) electrons. The Bertz CT molecular complexity index is 552. The van der Waals surface area contributed by atoms with Crippen LogP contribution in [-0.4, -0.2) is 55.4 Å². The molecule has 1 heterocycles. The molecular formula is C21H35N3O3. The van der Waals surface area contributed by atoms with Crippen LogP contribution < -0.4 is 11.1 Å². The van der Waals surface area contributed by atoms with Gasteiger partial charge in [0.15, 0.2) is 0 Å². The lowest BCUT2D eigenvalue weighted by molar-refractivity contribution is 0.0375. The Kier molecular flexibility index (Phi) is 8.54. The maximum absolute atomic E-state index is 12.2. The van der Waals surface area contributed by atoms with E-state index in [1.165, 1.54) is 0 Å². The number of rotatable bonds is 8. The molecule has 1 saturated heterocycles. The fourth-order valence-corrected chi connectivity index (χ4v) is 3.22. The lowest BCUT2D eigenvalue weighted by Crippen LogP contribution is -2.49. The minimum atomic E-state index is -0.515. The molecule has 1 atom stereocenters. The second-order valence-electron chi connectivity index (χ2n) is 8.32. The Labute approximate surface area is 163 Å². The standard InChI is InChI=1S/C21H35N3O3/c1-21(2,3)27-20(25)23-19(14-24-11-9-17(13-22)10-12-24)16-26-15-18-7-5-4-6-8-18/h4-8,17,19H,9-16,22H2,1-3H3,(H,23,25)/t19-/m0/s1. The number of nitrogens with two attached hydrogens (primary N) is 1. The smallest absolute Gasteiger partial charge is 0.407 e. The van der Waals surface area contributed by atoms with Gasteiger partial charge in [-0.1, -0.05) is 30.3 Å². The van der Waals surface area contributed by atoms with Gasteiger partial charge in [0.1, 0.15) is 5.60 Å². The number of carbonyl (C=O) groups excluding carboxylic acids is 1. The van der Waals surface area contributed by atoms with Crippen LogP contribution >= 0.6 is 0 Å². The van der Waals surface area contributed by atoms with E-state index in [0.717, 1.165) is 44.6 Å². The van der Waals surface area contributed by atoms with Gasteiger partial charge in [-0.2, -0.15) is 0 Å². The monoisotopic (exact) mass is 377 g/mol. The summed E-state index contributed by atoms with van der Waals surface area (Å²) in [6.07, 6.45) is 1.83. The Balaban J connectivity index is 1.86. The maximum atomic E-state index is 12.2. The quantitative estimate of drug-likeness (QED) is 0.728. The van der Waals surface area contributed by atoms with Crippen LogP contribution in [0.4, 0.5) is 4.79 Å². The van der Waals surface area contributed by atoms with Gasteiger partial charge in [0.2, 0.25) is 0 Å². The molecule has 1 aliphatic heterocycles. The van der Waals surface area contributed by atoms with Crippen molar-refractivity contribution in [3.05, 3.63) is 35.9 Å². The highest BCUT2D eigenvalue weighted by molar-refractivity contribution is 5.68. The summed E-state index contributed by atoms with van der Waals surface area (Å²) < 4.78 is 11.3. The summed E-state index contributed by atoms with van der Waals surface area (Å²) in [5.74, 6) is 0.618. The minimum absolute atomic E-state index is 0.113. The highest BCUT2D eigenvalue weighted by Gasteiger charge is 2.24. The van der Waals surface area contributed by atoms with E-state index in [4.69, 9.17) is 15.2 Å². The number of amides is 1. The average molecular weight is 378 g/mol. The molecule has 0 aliphatic carbocycles. The molecule has 1 aromatic rings. The van der Waals surface area contributed by atoms with Gasteiger partial charge in [-0.25, -0.2) is 4.79 Å². The number of piperidine rings is 1. The number of ether oxygens (including phenoxy) is 2. The first kappa shape index (κ1) is 21.7. The number of hydrogen-bond acceptors (Lipinski definition) is 5. The largest absolute Gasteiger partial charge is 0.444 e. The molecule has 1 aromatic carbocycles. The van der Waals surface area contributed by atoms with Gasteiger partial charge < -0.3 is 25.4 Å². The highest BCUT2D eigenvalue weighted by atomic mass is 16.6. The number of alkyl carbamates (subject to hydrolysis) is 1. The lowest BCUT2D eigenvalue weighted by Gasteiger charge is -2.34. The molecule has 0 spiro atoms. The zero-order valence-electron chi connectivity index (χ0n) is 16.9. The minimum Gasteiger partial charge on any atom is -0.444 e. The van der Waals surface area contributed by atoms with Crippen molar-refractivity contribution in [2.24, 2.45) is 11.7 Å². The Morgan fingerprint density at radius 1 is 1.26 bits per heavy atom. The summed E-state index contributed by atoms with van der Waals surface area (Å²) in [5.41, 5.74) is 6.39. The zero-order chi connectivity index (χ0) is 19.7. The second-order valence-corrected chi connectivity index (χ2v) is 8.32. The van der Waals surface area contributed by atoms with Crippen LogP contribution in [0.2, 0.25) is 0 Å². The molecular weight excluding hydrogens is 342 g/mol. The van der Waals surface area contributed by atoms with E-state index in [2.05, 4.69) is 10.2 Å². The summed E-state index contributed by atoms with van der Waals surface area (Å²) in [5, 5.41) is 2.98. The van der Waals surface area contributed by atoms with E-state index in [-0.39, 0.29) is 6.04 Å². The van der Waals surface area contributed by atoms with Crippen LogP contribution in [0.3, 0.4) is 0 Å². The van der Waals surface area contributed by atoms with Crippen LogP contribution in [-0.2, 0) is 16.1 Å². The average Bonchev–Trinajstić information content (AvgIpc) is 2.61. The SMILES string of the molecule is CC(C)(C)OC(=O)N[C@H](COCc1ccccc1)CN1CCC(CN)CC1. The molecule has 3 N–H and O–H groups in total. The number of hydrogen-bond donors (Lipinski definition) is 2. The molecule has 27 heavy (non-hydrogen) atoms. The highest BCUT2D eigenvalue weighted by Crippen LogP contribution is 2.16. The summed E-state index contributed by atoms with van der Waals surface area (Å²) in [6.45, 7) is 10.1. The van der Waals surface area contributed by atoms with Crippen LogP contribution in [0, 0.1) is 5.92 Å². The van der Waals surface area contributed by atoms with E-state index in [1.54, 1.807) is 0 Å². The van der Waals surface area contributed by atoms with Gasteiger partial charge in [-0.05, 0) is 64.7 Å². The molecule has 2 rings (SSSR count). The van der Waals surface area contributed by atoms with Gasteiger partial charge >= 0.3 is 6.09 Å². The molecule has 0 saturated carbocycles. The molecule has 152 valence electrons. The molecule has 1 amide bonds. The molecule has 0 unspecified atom stereocenters. The number of benzene rings is 1. The van der Waals surface area contributed by atoms with Gasteiger partial charge in [-0.15, -0.1) is 0 Å². The predicted octanol–water partition coefficient (Wildman–Crippen LogP) is 2.77. The van der Waals surface area contributed by atoms with Crippen molar-refractivity contribution in [2.45, 2.75) is 51.9 Å². The van der Waals surface area contributed by atoms with Crippen LogP contribution in [0.5, 0.6) is 0 Å². The third-order valence-corrected chi connectivity index (χ3v) is 4.67. The van der Waals surface area contributed by atoms with Gasteiger partial charge in [0.05, 0.1) is 19.3 Å². The van der Waals surface area contributed by atoms with Crippen molar-refractivity contribution in [2.75, 3.05) is 32.8 Å². The number of carbonyl (C=O) groups is 1. The third-order valence-electron chi connectivity index (χ3n) is 4.67. The van der Waals surface area contributed by atoms with E-state index in [1.807, 2.05) is 51.1 Å². The number of nitrogens with zero attached hydrogens (tertiary/aromatic N) is 1.